The van der Waals surface area contributed by atoms with Gasteiger partial charge in [-0.1, -0.05) is 12.1 Å². The van der Waals surface area contributed by atoms with E-state index >= 15 is 0 Å². The van der Waals surface area contributed by atoms with Crippen LogP contribution in [0.1, 0.15) is 54.4 Å². The number of nitro benzene ring substituents is 1. The van der Waals surface area contributed by atoms with Crippen LogP contribution in [0, 0.1) is 27.9 Å². The van der Waals surface area contributed by atoms with Crippen LogP contribution in [0.3, 0.4) is 0 Å². The molecule has 0 aliphatic heterocycles. The minimum Gasteiger partial charge on any atom is -0.493 e. The standard InChI is InChI=1S/C27H32N2O6/c1-33-7-8-35-25-13-23(29(31)32)22(12-24(25)34-2)26(30)28-21-5-3-20(4-6-21)27-14-17-9-18(15-27)11-19(10-17)16-27/h3-6,12-13,17-19H,7-11,14-16H2,1-2H3,(H,28,30). The molecule has 35 heavy (non-hydrogen) atoms. The smallest absolute Gasteiger partial charge is 0.286 e. The highest BCUT2D eigenvalue weighted by molar-refractivity contribution is 6.07. The van der Waals surface area contributed by atoms with Gasteiger partial charge in [0.2, 0.25) is 0 Å². The van der Waals surface area contributed by atoms with Crippen LogP contribution in [-0.2, 0) is 10.2 Å². The summed E-state index contributed by atoms with van der Waals surface area (Å²) in [6.45, 7) is 0.518. The van der Waals surface area contributed by atoms with Gasteiger partial charge in [-0.25, -0.2) is 0 Å². The fourth-order valence-electron chi connectivity index (χ4n) is 6.96. The zero-order chi connectivity index (χ0) is 24.6. The molecule has 0 heterocycles. The Balaban J connectivity index is 1.34. The number of amides is 1. The van der Waals surface area contributed by atoms with Crippen molar-refractivity contribution in [2.45, 2.75) is 43.9 Å². The van der Waals surface area contributed by atoms with Crippen molar-refractivity contribution in [3.8, 4) is 11.5 Å². The summed E-state index contributed by atoms with van der Waals surface area (Å²) in [5.74, 6) is 2.44. The third kappa shape index (κ3) is 4.59. The highest BCUT2D eigenvalue weighted by atomic mass is 16.6. The van der Waals surface area contributed by atoms with Gasteiger partial charge in [-0.05, 0) is 79.4 Å². The van der Waals surface area contributed by atoms with E-state index in [1.165, 1.54) is 70.4 Å². The molecule has 0 aromatic heterocycles. The van der Waals surface area contributed by atoms with Crippen LogP contribution in [-0.4, -0.2) is 38.3 Å². The first-order chi connectivity index (χ1) is 16.9. The SMILES string of the molecule is COCCOc1cc([N+](=O)[O-])c(C(=O)Nc2ccc(C34CC5CC(CC(C5)C3)C4)cc2)cc1OC. The van der Waals surface area contributed by atoms with E-state index in [4.69, 9.17) is 14.2 Å². The van der Waals surface area contributed by atoms with Crippen LogP contribution < -0.4 is 14.8 Å². The summed E-state index contributed by atoms with van der Waals surface area (Å²) >= 11 is 0. The molecule has 0 unspecified atom stereocenters. The van der Waals surface area contributed by atoms with Gasteiger partial charge in [-0.2, -0.15) is 0 Å². The van der Waals surface area contributed by atoms with Gasteiger partial charge in [-0.15, -0.1) is 0 Å². The first kappa shape index (κ1) is 23.6. The second kappa shape index (κ2) is 9.49. The van der Waals surface area contributed by atoms with Gasteiger partial charge in [0.05, 0.1) is 24.7 Å². The molecule has 4 aliphatic carbocycles. The number of carbonyl (C=O) groups excluding carboxylic acids is 1. The molecule has 2 aromatic rings. The maximum absolute atomic E-state index is 13.1. The minimum absolute atomic E-state index is 0.0869. The summed E-state index contributed by atoms with van der Waals surface area (Å²) in [6, 6.07) is 10.7. The Hall–Kier alpha value is -3.13. The van der Waals surface area contributed by atoms with Crippen LogP contribution >= 0.6 is 0 Å². The Bertz CT molecular complexity index is 1080. The summed E-state index contributed by atoms with van der Waals surface area (Å²) < 4.78 is 15.8. The molecule has 0 spiro atoms. The van der Waals surface area contributed by atoms with E-state index in [1.54, 1.807) is 0 Å². The Morgan fingerprint density at radius 1 is 1.00 bits per heavy atom. The number of nitrogens with zero attached hydrogens (tertiary/aromatic N) is 1. The highest BCUT2D eigenvalue weighted by Crippen LogP contribution is 2.60. The molecule has 186 valence electrons. The summed E-state index contributed by atoms with van der Waals surface area (Å²) in [6.07, 6.45) is 8.00. The van der Waals surface area contributed by atoms with E-state index in [1.807, 2.05) is 12.1 Å². The van der Waals surface area contributed by atoms with Crippen molar-refractivity contribution in [3.05, 3.63) is 57.6 Å². The molecule has 0 atom stereocenters. The number of rotatable bonds is 9. The summed E-state index contributed by atoms with van der Waals surface area (Å²) in [5.41, 5.74) is 1.82. The number of anilines is 1. The van der Waals surface area contributed by atoms with E-state index < -0.39 is 10.8 Å². The number of benzene rings is 2. The zero-order valence-electron chi connectivity index (χ0n) is 20.2. The van der Waals surface area contributed by atoms with Crippen LogP contribution in [0.2, 0.25) is 0 Å². The fourth-order valence-corrected chi connectivity index (χ4v) is 6.96. The van der Waals surface area contributed by atoms with Crippen LogP contribution in [0.5, 0.6) is 11.5 Å². The summed E-state index contributed by atoms with van der Waals surface area (Å²) in [5, 5.41) is 14.5. The van der Waals surface area contributed by atoms with Crippen molar-refractivity contribution in [1.82, 2.24) is 0 Å². The third-order valence-electron chi connectivity index (χ3n) is 8.06. The maximum atomic E-state index is 13.1. The number of hydrogen-bond acceptors (Lipinski definition) is 6. The maximum Gasteiger partial charge on any atom is 0.286 e. The monoisotopic (exact) mass is 480 g/mol. The molecule has 4 fully saturated rings. The van der Waals surface area contributed by atoms with Gasteiger partial charge in [0.25, 0.3) is 11.6 Å². The molecule has 0 radical (unpaired) electrons. The Morgan fingerprint density at radius 2 is 1.63 bits per heavy atom. The van der Waals surface area contributed by atoms with Crippen molar-refractivity contribution in [2.75, 3.05) is 32.8 Å². The number of ether oxygens (including phenoxy) is 3. The zero-order valence-corrected chi connectivity index (χ0v) is 20.2. The Morgan fingerprint density at radius 3 is 2.17 bits per heavy atom. The Labute approximate surface area is 205 Å². The first-order valence-electron chi connectivity index (χ1n) is 12.3. The molecule has 1 amide bonds. The number of nitrogens with one attached hydrogen (secondary N) is 1. The topological polar surface area (TPSA) is 99.9 Å². The van der Waals surface area contributed by atoms with E-state index in [2.05, 4.69) is 17.4 Å². The molecular weight excluding hydrogens is 448 g/mol. The van der Waals surface area contributed by atoms with Crippen LogP contribution in [0.25, 0.3) is 0 Å². The van der Waals surface area contributed by atoms with E-state index in [9.17, 15) is 14.9 Å². The molecule has 4 bridgehead atoms. The quantitative estimate of drug-likeness (QED) is 0.295. The number of hydrogen-bond donors (Lipinski definition) is 1. The number of methoxy groups -OCH3 is 2. The minimum atomic E-state index is -0.590. The first-order valence-corrected chi connectivity index (χ1v) is 12.3. The van der Waals surface area contributed by atoms with Gasteiger partial charge < -0.3 is 19.5 Å². The second-order valence-corrected chi connectivity index (χ2v) is 10.3. The predicted octanol–water partition coefficient (Wildman–Crippen LogP) is 5.35. The lowest BCUT2D eigenvalue weighted by Gasteiger charge is -2.57. The number of carbonyl (C=O) groups is 1. The lowest BCUT2D eigenvalue weighted by molar-refractivity contribution is -0.385. The number of nitro groups is 1. The third-order valence-corrected chi connectivity index (χ3v) is 8.06. The summed E-state index contributed by atoms with van der Waals surface area (Å²) in [7, 11) is 2.96. The summed E-state index contributed by atoms with van der Waals surface area (Å²) in [4.78, 5) is 24.2. The molecule has 0 saturated heterocycles. The highest BCUT2D eigenvalue weighted by Gasteiger charge is 2.51. The molecule has 4 saturated carbocycles. The van der Waals surface area contributed by atoms with Gasteiger partial charge in [0.1, 0.15) is 12.2 Å². The molecule has 2 aromatic carbocycles. The van der Waals surface area contributed by atoms with Crippen molar-refractivity contribution in [2.24, 2.45) is 17.8 Å². The lowest BCUT2D eigenvalue weighted by Crippen LogP contribution is -2.48. The average Bonchev–Trinajstić information content (AvgIpc) is 2.83. The van der Waals surface area contributed by atoms with Crippen molar-refractivity contribution in [3.63, 3.8) is 0 Å². The van der Waals surface area contributed by atoms with Crippen LogP contribution in [0.4, 0.5) is 11.4 Å². The van der Waals surface area contributed by atoms with Gasteiger partial charge in [0, 0.05) is 18.9 Å². The van der Waals surface area contributed by atoms with Crippen molar-refractivity contribution in [1.29, 1.82) is 0 Å². The fraction of sp³-hybridized carbons (Fsp3) is 0.519. The van der Waals surface area contributed by atoms with E-state index in [-0.39, 0.29) is 34.8 Å². The molecule has 1 N–H and O–H groups in total. The van der Waals surface area contributed by atoms with Gasteiger partial charge >= 0.3 is 0 Å². The molecular formula is C27H32N2O6. The van der Waals surface area contributed by atoms with Crippen molar-refractivity contribution >= 4 is 17.3 Å². The molecule has 8 heteroatoms. The molecule has 6 rings (SSSR count). The second-order valence-electron chi connectivity index (χ2n) is 10.3. The van der Waals surface area contributed by atoms with E-state index in [0.29, 0.717) is 12.3 Å². The average molecular weight is 481 g/mol. The van der Waals surface area contributed by atoms with Crippen molar-refractivity contribution < 1.29 is 23.9 Å². The lowest BCUT2D eigenvalue weighted by atomic mass is 9.48. The van der Waals surface area contributed by atoms with Gasteiger partial charge in [-0.3, -0.25) is 14.9 Å². The molecule has 4 aliphatic rings. The largest absolute Gasteiger partial charge is 0.493 e. The van der Waals surface area contributed by atoms with Crippen LogP contribution in [0.15, 0.2) is 36.4 Å². The molecule has 8 nitrogen and oxygen atoms in total. The van der Waals surface area contributed by atoms with E-state index in [0.717, 1.165) is 17.8 Å². The predicted molar refractivity (Wildman–Crippen MR) is 131 cm³/mol. The van der Waals surface area contributed by atoms with Gasteiger partial charge in [0.15, 0.2) is 11.5 Å². The Kier molecular flexibility index (Phi) is 6.40. The normalized spacial score (nSPS) is 26.4.